The van der Waals surface area contributed by atoms with E-state index in [4.69, 9.17) is 14.7 Å². The number of carbonyl (C=O) groups is 2. The lowest BCUT2D eigenvalue weighted by molar-refractivity contribution is -0.133. The number of hydrogen-bond acceptors (Lipinski definition) is 8. The summed E-state index contributed by atoms with van der Waals surface area (Å²) in [5, 5.41) is 12.7. The van der Waals surface area contributed by atoms with Crippen molar-refractivity contribution < 1.29 is 28.2 Å². The third-order valence-corrected chi connectivity index (χ3v) is 8.50. The van der Waals surface area contributed by atoms with Crippen LogP contribution < -0.4 is 10.2 Å². The van der Waals surface area contributed by atoms with Crippen molar-refractivity contribution in [1.29, 1.82) is 0 Å². The van der Waals surface area contributed by atoms with Crippen LogP contribution in [0, 0.1) is 0 Å². The van der Waals surface area contributed by atoms with Crippen LogP contribution >= 0.6 is 0 Å². The lowest BCUT2D eigenvalue weighted by Crippen LogP contribution is -2.46. The topological polar surface area (TPSA) is 129 Å². The number of alkyl halides is 2. The minimum Gasteiger partial charge on any atom is -0.465 e. The number of hydrogen-bond donors (Lipinski definition) is 2. The molecule has 0 spiro atoms. The van der Waals surface area contributed by atoms with Crippen LogP contribution in [0.25, 0.3) is 16.9 Å². The number of likely N-dealkylation sites (tertiary alicyclic amines) is 1. The number of carboxylic acid groups (broad SMARTS) is 1. The molecule has 2 saturated heterocycles. The fourth-order valence-electron chi connectivity index (χ4n) is 6.24. The molecule has 224 valence electrons. The molecule has 42 heavy (non-hydrogen) atoms. The quantitative estimate of drug-likeness (QED) is 0.429. The van der Waals surface area contributed by atoms with Gasteiger partial charge in [0, 0.05) is 44.8 Å². The normalized spacial score (nSPS) is 23.1. The SMILES string of the molecule is CN(C(=O)O)[C@@H]1CCN(C2CCC(Nc3nc(N4CCOCC4)cc(-n4c(C(F)F)nc5ccccc54)n3)CC2)C1=O. The number of halogens is 2. The van der Waals surface area contributed by atoms with E-state index in [1.165, 1.54) is 11.6 Å². The van der Waals surface area contributed by atoms with E-state index in [0.29, 0.717) is 67.9 Å². The average molecular weight is 585 g/mol. The largest absolute Gasteiger partial charge is 0.465 e. The molecule has 2 amide bonds. The Hall–Kier alpha value is -4.07. The number of nitrogens with one attached hydrogen (secondary N) is 1. The molecule has 0 bridgehead atoms. The third-order valence-electron chi connectivity index (χ3n) is 8.50. The molecule has 0 radical (unpaired) electrons. The van der Waals surface area contributed by atoms with E-state index in [1.807, 2.05) is 4.90 Å². The van der Waals surface area contributed by atoms with Crippen LogP contribution in [0.2, 0.25) is 0 Å². The summed E-state index contributed by atoms with van der Waals surface area (Å²) in [4.78, 5) is 42.9. The second-order valence-corrected chi connectivity index (χ2v) is 11.0. The molecule has 3 aromatic rings. The fraction of sp³-hybridized carbons (Fsp3) is 0.536. The Morgan fingerprint density at radius 1 is 1.05 bits per heavy atom. The van der Waals surface area contributed by atoms with E-state index in [9.17, 15) is 23.5 Å². The Bertz CT molecular complexity index is 1450. The van der Waals surface area contributed by atoms with Crippen molar-refractivity contribution in [3.05, 3.63) is 36.2 Å². The van der Waals surface area contributed by atoms with Gasteiger partial charge in [-0.05, 0) is 44.2 Å². The van der Waals surface area contributed by atoms with Crippen LogP contribution in [0.3, 0.4) is 0 Å². The summed E-state index contributed by atoms with van der Waals surface area (Å²) in [5.41, 5.74) is 0.994. The van der Waals surface area contributed by atoms with Crippen LogP contribution in [0.4, 0.5) is 25.3 Å². The summed E-state index contributed by atoms with van der Waals surface area (Å²) in [5.74, 6) is 0.758. The second kappa shape index (κ2) is 11.7. The zero-order valence-electron chi connectivity index (χ0n) is 23.3. The summed E-state index contributed by atoms with van der Waals surface area (Å²) in [6.07, 6.45) is -0.390. The number of para-hydroxylation sites is 2. The van der Waals surface area contributed by atoms with Gasteiger partial charge in [-0.3, -0.25) is 14.3 Å². The Balaban J connectivity index is 1.23. The van der Waals surface area contributed by atoms with Crippen LogP contribution in [0.5, 0.6) is 0 Å². The molecule has 6 rings (SSSR count). The molecule has 3 fully saturated rings. The predicted octanol–water partition coefficient (Wildman–Crippen LogP) is 3.52. The highest BCUT2D eigenvalue weighted by Crippen LogP contribution is 2.32. The number of amides is 2. The zero-order valence-corrected chi connectivity index (χ0v) is 23.3. The van der Waals surface area contributed by atoms with Gasteiger partial charge in [0.1, 0.15) is 17.7 Å². The van der Waals surface area contributed by atoms with Crippen molar-refractivity contribution in [3.63, 3.8) is 0 Å². The monoisotopic (exact) mass is 584 g/mol. The molecule has 1 aliphatic carbocycles. The Kier molecular flexibility index (Phi) is 7.80. The third kappa shape index (κ3) is 5.42. The van der Waals surface area contributed by atoms with Gasteiger partial charge in [0.15, 0.2) is 5.82 Å². The van der Waals surface area contributed by atoms with Crippen LogP contribution in [-0.4, -0.2) is 104 Å². The minimum absolute atomic E-state index is 0.0262. The van der Waals surface area contributed by atoms with Gasteiger partial charge in [-0.15, -0.1) is 0 Å². The van der Waals surface area contributed by atoms with Gasteiger partial charge in [-0.25, -0.2) is 18.6 Å². The number of fused-ring (bicyclic) bond motifs is 1. The summed E-state index contributed by atoms with van der Waals surface area (Å²) in [6.45, 7) is 2.87. The number of morpholine rings is 1. The number of likely N-dealkylation sites (N-methyl/N-ethyl adjacent to an activating group) is 1. The van der Waals surface area contributed by atoms with Gasteiger partial charge in [0.2, 0.25) is 11.9 Å². The van der Waals surface area contributed by atoms with Gasteiger partial charge in [-0.2, -0.15) is 9.97 Å². The van der Waals surface area contributed by atoms with Crippen LogP contribution in [0.15, 0.2) is 30.3 Å². The van der Waals surface area contributed by atoms with Gasteiger partial charge in [0.25, 0.3) is 6.43 Å². The van der Waals surface area contributed by atoms with Crippen molar-refractivity contribution in [2.75, 3.05) is 50.1 Å². The maximum Gasteiger partial charge on any atom is 0.407 e. The van der Waals surface area contributed by atoms with Crippen molar-refractivity contribution in [3.8, 4) is 5.82 Å². The number of aromatic nitrogens is 4. The highest BCUT2D eigenvalue weighted by atomic mass is 19.3. The number of imidazole rings is 1. The standard InChI is InChI=1S/C28H34F2N8O4/c1-35(28(40)41)21-10-11-37(26(21)39)18-8-6-17(7-9-18)31-27-33-22(36-12-14-42-15-13-36)16-23(34-27)38-20-5-3-2-4-19(20)32-25(38)24(29)30/h2-5,16-18,21,24H,6-15H2,1H3,(H,40,41)(H,31,33,34)/t17?,18?,21-/m1/s1. The molecular weight excluding hydrogens is 550 g/mol. The molecular formula is C28H34F2N8O4. The fourth-order valence-corrected chi connectivity index (χ4v) is 6.24. The first kappa shape index (κ1) is 28.1. The number of ether oxygens (including phenoxy) is 1. The maximum absolute atomic E-state index is 14.2. The van der Waals surface area contributed by atoms with E-state index in [2.05, 4.69) is 15.2 Å². The van der Waals surface area contributed by atoms with Crippen molar-refractivity contribution in [1.82, 2.24) is 29.3 Å². The number of anilines is 2. The number of rotatable bonds is 7. The Labute approximate surface area is 241 Å². The molecule has 2 aliphatic heterocycles. The summed E-state index contributed by atoms with van der Waals surface area (Å²) < 4.78 is 35.2. The molecule has 12 nitrogen and oxygen atoms in total. The smallest absolute Gasteiger partial charge is 0.407 e. The molecule has 3 aliphatic rings. The van der Waals surface area contributed by atoms with Crippen LogP contribution in [-0.2, 0) is 9.53 Å². The summed E-state index contributed by atoms with van der Waals surface area (Å²) >= 11 is 0. The highest BCUT2D eigenvalue weighted by Gasteiger charge is 2.40. The predicted molar refractivity (Wildman–Crippen MR) is 150 cm³/mol. The lowest BCUT2D eigenvalue weighted by atomic mass is 9.90. The van der Waals surface area contributed by atoms with Crippen LogP contribution in [0.1, 0.15) is 44.4 Å². The number of carbonyl (C=O) groups excluding carboxylic acids is 1. The summed E-state index contributed by atoms with van der Waals surface area (Å²) in [6, 6.07) is 8.15. The van der Waals surface area contributed by atoms with E-state index in [0.717, 1.165) is 30.6 Å². The molecule has 2 aromatic heterocycles. The van der Waals surface area contributed by atoms with Crippen molar-refractivity contribution >= 4 is 34.8 Å². The first-order valence-electron chi connectivity index (χ1n) is 14.3. The summed E-state index contributed by atoms with van der Waals surface area (Å²) in [7, 11) is 1.44. The van der Waals surface area contributed by atoms with Gasteiger partial charge in [0.05, 0.1) is 24.2 Å². The number of nitrogens with zero attached hydrogens (tertiary/aromatic N) is 7. The molecule has 14 heteroatoms. The second-order valence-electron chi connectivity index (χ2n) is 11.0. The molecule has 4 heterocycles. The highest BCUT2D eigenvalue weighted by molar-refractivity contribution is 5.87. The minimum atomic E-state index is -2.80. The molecule has 1 saturated carbocycles. The molecule has 1 atom stereocenters. The first-order valence-corrected chi connectivity index (χ1v) is 14.3. The van der Waals surface area contributed by atoms with E-state index in [1.54, 1.807) is 30.3 Å². The van der Waals surface area contributed by atoms with Crippen molar-refractivity contribution in [2.45, 2.75) is 56.7 Å². The van der Waals surface area contributed by atoms with E-state index in [-0.39, 0.29) is 23.8 Å². The van der Waals surface area contributed by atoms with Gasteiger partial charge in [-0.1, -0.05) is 12.1 Å². The number of benzene rings is 1. The van der Waals surface area contributed by atoms with Crippen molar-refractivity contribution in [2.24, 2.45) is 0 Å². The first-order chi connectivity index (χ1) is 20.3. The molecule has 0 unspecified atom stereocenters. The Morgan fingerprint density at radius 2 is 1.76 bits per heavy atom. The molecule has 2 N–H and O–H groups in total. The van der Waals surface area contributed by atoms with E-state index >= 15 is 0 Å². The molecule has 1 aromatic carbocycles. The van der Waals surface area contributed by atoms with E-state index < -0.39 is 18.6 Å². The Morgan fingerprint density at radius 3 is 2.48 bits per heavy atom. The lowest BCUT2D eigenvalue weighted by Gasteiger charge is -2.35. The maximum atomic E-state index is 14.2. The van der Waals surface area contributed by atoms with Gasteiger partial charge >= 0.3 is 6.09 Å². The van der Waals surface area contributed by atoms with Gasteiger partial charge < -0.3 is 25.0 Å². The average Bonchev–Trinajstić information content (AvgIpc) is 3.58. The zero-order chi connectivity index (χ0) is 29.4.